The van der Waals surface area contributed by atoms with Gasteiger partial charge in [-0.05, 0) is 26.8 Å². The number of nitrogens with one attached hydrogen (secondary N) is 1. The maximum absolute atomic E-state index is 11.8. The lowest BCUT2D eigenvalue weighted by molar-refractivity contribution is 0.00541. The summed E-state index contributed by atoms with van der Waals surface area (Å²) in [7, 11) is 1.95. The number of rotatable bonds is 4. The summed E-state index contributed by atoms with van der Waals surface area (Å²) in [5.41, 5.74) is 0.788. The number of ether oxygens (including phenoxy) is 1. The molecule has 0 atom stereocenters. The summed E-state index contributed by atoms with van der Waals surface area (Å²) in [6.07, 6.45) is 2.53. The molecule has 1 saturated heterocycles. The lowest BCUT2D eigenvalue weighted by atomic mass is 10.1. The van der Waals surface area contributed by atoms with Crippen LogP contribution >= 0.6 is 0 Å². The number of aryl methyl sites for hydroxylation is 1. The van der Waals surface area contributed by atoms with E-state index in [2.05, 4.69) is 10.4 Å². The van der Waals surface area contributed by atoms with Gasteiger partial charge in [-0.1, -0.05) is 0 Å². The van der Waals surface area contributed by atoms with Crippen LogP contribution in [0.5, 0.6) is 0 Å². The molecule has 2 heterocycles. The summed E-state index contributed by atoms with van der Waals surface area (Å²) in [5.74, 6) is 0. The third kappa shape index (κ3) is 3.96. The second kappa shape index (κ2) is 5.83. The van der Waals surface area contributed by atoms with Gasteiger partial charge >= 0.3 is 6.09 Å². The van der Waals surface area contributed by atoms with Crippen LogP contribution in [0.3, 0.4) is 0 Å². The Labute approximate surface area is 120 Å². The third-order valence-electron chi connectivity index (χ3n) is 3.27. The maximum atomic E-state index is 11.8. The minimum Gasteiger partial charge on any atom is -0.444 e. The lowest BCUT2D eigenvalue weighted by Gasteiger charge is -2.40. The Morgan fingerprint density at radius 1 is 1.50 bits per heavy atom. The average Bonchev–Trinajstić information content (AvgIpc) is 2.64. The molecule has 1 fully saturated rings. The predicted octanol–water partition coefficient (Wildman–Crippen LogP) is 1.17. The van der Waals surface area contributed by atoms with E-state index in [9.17, 15) is 4.79 Å². The molecule has 6 nitrogen and oxygen atoms in total. The topological polar surface area (TPSA) is 59.4 Å². The van der Waals surface area contributed by atoms with Crippen molar-refractivity contribution < 1.29 is 9.53 Å². The number of aromatic nitrogens is 2. The van der Waals surface area contributed by atoms with E-state index in [1.54, 1.807) is 4.90 Å². The zero-order valence-electron chi connectivity index (χ0n) is 12.7. The van der Waals surface area contributed by atoms with Crippen LogP contribution in [0.15, 0.2) is 12.3 Å². The third-order valence-corrected chi connectivity index (χ3v) is 3.27. The van der Waals surface area contributed by atoms with Crippen LogP contribution in [0.1, 0.15) is 26.5 Å². The van der Waals surface area contributed by atoms with E-state index in [0.717, 1.165) is 26.1 Å². The van der Waals surface area contributed by atoms with E-state index >= 15 is 0 Å². The molecule has 1 aromatic rings. The van der Waals surface area contributed by atoms with Crippen molar-refractivity contribution in [3.8, 4) is 0 Å². The number of carbonyl (C=O) groups excluding carboxylic acids is 1. The van der Waals surface area contributed by atoms with Gasteiger partial charge in [0.05, 0.1) is 0 Å². The van der Waals surface area contributed by atoms with Gasteiger partial charge in [-0.15, -0.1) is 0 Å². The van der Waals surface area contributed by atoms with Crippen molar-refractivity contribution in [3.63, 3.8) is 0 Å². The van der Waals surface area contributed by atoms with Crippen molar-refractivity contribution in [1.82, 2.24) is 20.0 Å². The number of hydrogen-bond donors (Lipinski definition) is 1. The molecular weight excluding hydrogens is 256 g/mol. The molecule has 0 aliphatic carbocycles. The molecular formula is C14H24N4O2. The van der Waals surface area contributed by atoms with Crippen LogP contribution in [0, 0.1) is 0 Å². The zero-order chi connectivity index (χ0) is 14.8. The summed E-state index contributed by atoms with van der Waals surface area (Å²) in [5, 5.41) is 7.58. The summed E-state index contributed by atoms with van der Waals surface area (Å²) >= 11 is 0. The fraction of sp³-hybridized carbons (Fsp3) is 0.714. The first-order valence-electron chi connectivity index (χ1n) is 7.03. The maximum Gasteiger partial charge on any atom is 0.410 e. The highest BCUT2D eigenvalue weighted by Gasteiger charge is 2.33. The second-order valence-corrected chi connectivity index (χ2v) is 6.23. The Hall–Kier alpha value is -1.56. The molecule has 0 radical (unpaired) electrons. The van der Waals surface area contributed by atoms with Gasteiger partial charge in [0.2, 0.25) is 0 Å². The Balaban J connectivity index is 1.62. The normalized spacial score (nSPS) is 16.1. The Bertz CT molecular complexity index is 458. The van der Waals surface area contributed by atoms with Gasteiger partial charge in [-0.2, -0.15) is 5.10 Å². The fourth-order valence-electron chi connectivity index (χ4n) is 2.13. The minimum atomic E-state index is -0.421. The SMILES string of the molecule is Cn1nccc1CCNC1CN(C(=O)OC(C)(C)C)C1. The molecule has 0 saturated carbocycles. The number of carbonyl (C=O) groups is 1. The summed E-state index contributed by atoms with van der Waals surface area (Å²) in [4.78, 5) is 13.5. The average molecular weight is 280 g/mol. The molecule has 0 unspecified atom stereocenters. The van der Waals surface area contributed by atoms with Crippen LogP contribution in [-0.4, -0.2) is 52.1 Å². The van der Waals surface area contributed by atoms with E-state index in [1.807, 2.05) is 44.8 Å². The molecule has 1 N–H and O–H groups in total. The fourth-order valence-corrected chi connectivity index (χ4v) is 2.13. The van der Waals surface area contributed by atoms with Crippen LogP contribution in [0.25, 0.3) is 0 Å². The lowest BCUT2D eigenvalue weighted by Crippen LogP contribution is -2.60. The van der Waals surface area contributed by atoms with Gasteiger partial charge in [0, 0.05) is 51.0 Å². The number of amides is 1. The monoisotopic (exact) mass is 280 g/mol. The van der Waals surface area contributed by atoms with E-state index in [1.165, 1.54) is 5.69 Å². The Morgan fingerprint density at radius 2 is 2.20 bits per heavy atom. The van der Waals surface area contributed by atoms with Crippen molar-refractivity contribution in [3.05, 3.63) is 18.0 Å². The smallest absolute Gasteiger partial charge is 0.410 e. The molecule has 0 aromatic carbocycles. The first-order chi connectivity index (χ1) is 9.35. The molecule has 0 spiro atoms. The molecule has 6 heteroatoms. The largest absolute Gasteiger partial charge is 0.444 e. The van der Waals surface area contributed by atoms with Gasteiger partial charge in [-0.3, -0.25) is 4.68 Å². The van der Waals surface area contributed by atoms with Crippen molar-refractivity contribution in [2.24, 2.45) is 7.05 Å². The van der Waals surface area contributed by atoms with Crippen LogP contribution in [0.4, 0.5) is 4.79 Å². The predicted molar refractivity (Wildman–Crippen MR) is 76.5 cm³/mol. The van der Waals surface area contributed by atoms with Gasteiger partial charge in [-0.25, -0.2) is 4.79 Å². The molecule has 112 valence electrons. The van der Waals surface area contributed by atoms with Crippen molar-refractivity contribution in [2.75, 3.05) is 19.6 Å². The van der Waals surface area contributed by atoms with Crippen LogP contribution in [0.2, 0.25) is 0 Å². The van der Waals surface area contributed by atoms with E-state index in [0.29, 0.717) is 6.04 Å². The molecule has 1 aliphatic rings. The highest BCUT2D eigenvalue weighted by Crippen LogP contribution is 2.15. The van der Waals surface area contributed by atoms with Gasteiger partial charge < -0.3 is 15.0 Å². The quantitative estimate of drug-likeness (QED) is 0.899. The first-order valence-corrected chi connectivity index (χ1v) is 7.03. The summed E-state index contributed by atoms with van der Waals surface area (Å²) in [6, 6.07) is 2.39. The molecule has 1 aliphatic heterocycles. The Kier molecular flexibility index (Phi) is 4.32. The number of likely N-dealkylation sites (tertiary alicyclic amines) is 1. The number of hydrogen-bond acceptors (Lipinski definition) is 4. The molecule has 1 amide bonds. The van der Waals surface area contributed by atoms with Gasteiger partial charge in [0.15, 0.2) is 0 Å². The van der Waals surface area contributed by atoms with E-state index < -0.39 is 5.60 Å². The summed E-state index contributed by atoms with van der Waals surface area (Å²) in [6.45, 7) is 7.99. The van der Waals surface area contributed by atoms with E-state index in [4.69, 9.17) is 4.74 Å². The molecule has 1 aromatic heterocycles. The van der Waals surface area contributed by atoms with Crippen molar-refractivity contribution >= 4 is 6.09 Å². The molecule has 20 heavy (non-hydrogen) atoms. The van der Waals surface area contributed by atoms with Gasteiger partial charge in [0.1, 0.15) is 5.60 Å². The number of nitrogens with zero attached hydrogens (tertiary/aromatic N) is 3. The highest BCUT2D eigenvalue weighted by atomic mass is 16.6. The zero-order valence-corrected chi connectivity index (χ0v) is 12.7. The standard InChI is InChI=1S/C14H24N4O2/c1-14(2,3)20-13(19)18-9-11(10-18)15-7-5-12-6-8-16-17(12)4/h6,8,11,15H,5,7,9-10H2,1-4H3. The van der Waals surface area contributed by atoms with Crippen LogP contribution < -0.4 is 5.32 Å². The van der Waals surface area contributed by atoms with Crippen molar-refractivity contribution in [2.45, 2.75) is 38.8 Å². The minimum absolute atomic E-state index is 0.220. The first kappa shape index (κ1) is 14.8. The molecule has 2 rings (SSSR count). The van der Waals surface area contributed by atoms with Crippen molar-refractivity contribution in [1.29, 1.82) is 0 Å². The highest BCUT2D eigenvalue weighted by molar-refractivity contribution is 5.69. The van der Waals surface area contributed by atoms with Crippen LogP contribution in [-0.2, 0) is 18.2 Å². The van der Waals surface area contributed by atoms with Gasteiger partial charge in [0.25, 0.3) is 0 Å². The second-order valence-electron chi connectivity index (χ2n) is 6.23. The molecule has 0 bridgehead atoms. The Morgan fingerprint density at radius 3 is 2.75 bits per heavy atom. The van der Waals surface area contributed by atoms with E-state index in [-0.39, 0.29) is 6.09 Å². The summed E-state index contributed by atoms with van der Waals surface area (Å²) < 4.78 is 7.20.